The highest BCUT2D eigenvalue weighted by molar-refractivity contribution is 8.26. The largest absolute Gasteiger partial charge is 0.281 e. The van der Waals surface area contributed by atoms with Gasteiger partial charge in [0.05, 0.1) is 9.80 Å². The molecule has 0 radical (unpaired) electrons. The summed E-state index contributed by atoms with van der Waals surface area (Å²) in [6.07, 6.45) is 1.46. The molecule has 1 fully saturated rings. The van der Waals surface area contributed by atoms with Crippen molar-refractivity contribution in [2.45, 2.75) is 4.90 Å². The number of nitrogens with one attached hydrogen (secondary N) is 1. The van der Waals surface area contributed by atoms with Crippen LogP contribution >= 0.6 is 24.0 Å². The van der Waals surface area contributed by atoms with E-state index in [1.807, 2.05) is 0 Å². The van der Waals surface area contributed by atoms with Gasteiger partial charge in [-0.3, -0.25) is 4.79 Å². The molecule has 0 bridgehead atoms. The van der Waals surface area contributed by atoms with Gasteiger partial charge >= 0.3 is 0 Å². The van der Waals surface area contributed by atoms with E-state index in [-0.39, 0.29) is 14.1 Å². The molecular weight excluding hydrogens is 383 g/mol. The summed E-state index contributed by atoms with van der Waals surface area (Å²) in [6.45, 7) is 0. The summed E-state index contributed by atoms with van der Waals surface area (Å²) >= 11 is 6.02. The molecule has 5 nitrogen and oxygen atoms in total. The molecule has 3 rings (SSSR count). The topological polar surface area (TPSA) is 66.5 Å². The highest BCUT2D eigenvalue weighted by Gasteiger charge is 2.35. The number of carbonyl (C=O) groups is 1. The minimum atomic E-state index is -3.95. The molecule has 0 spiro atoms. The van der Waals surface area contributed by atoms with Crippen molar-refractivity contribution in [1.29, 1.82) is 0 Å². The third kappa shape index (κ3) is 3.96. The van der Waals surface area contributed by atoms with Gasteiger partial charge in [0.25, 0.3) is 15.9 Å². The summed E-state index contributed by atoms with van der Waals surface area (Å²) < 4.78 is 38.0. The van der Waals surface area contributed by atoms with Crippen LogP contribution in [0, 0.1) is 5.82 Å². The SMILES string of the molecule is O=C1C(=Cc2cccc(F)c2)SC(=S)N1NS(=O)(=O)c1ccccc1. The van der Waals surface area contributed by atoms with E-state index in [2.05, 4.69) is 4.83 Å². The Kier molecular flexibility index (Phi) is 5.00. The van der Waals surface area contributed by atoms with Crippen molar-refractivity contribution in [3.8, 4) is 0 Å². The van der Waals surface area contributed by atoms with Gasteiger partial charge in [-0.25, -0.2) is 17.8 Å². The number of carbonyl (C=O) groups excluding carboxylic acids is 1. The smallest absolute Gasteiger partial charge is 0.267 e. The quantitative estimate of drug-likeness (QED) is 0.638. The number of amides is 1. The van der Waals surface area contributed by atoms with Gasteiger partial charge in [-0.15, -0.1) is 4.83 Å². The van der Waals surface area contributed by atoms with Crippen LogP contribution in [0.1, 0.15) is 5.56 Å². The average Bonchev–Trinajstić information content (AvgIpc) is 2.83. The number of thiocarbonyl (C=S) groups is 1. The molecule has 0 saturated carbocycles. The van der Waals surface area contributed by atoms with Crippen molar-refractivity contribution in [2.24, 2.45) is 0 Å². The minimum Gasteiger partial charge on any atom is -0.267 e. The van der Waals surface area contributed by atoms with Crippen molar-refractivity contribution < 1.29 is 17.6 Å². The van der Waals surface area contributed by atoms with Crippen molar-refractivity contribution >= 4 is 50.3 Å². The normalized spacial score (nSPS) is 16.7. The summed E-state index contributed by atoms with van der Waals surface area (Å²) in [4.78, 5) is 14.8. The predicted molar refractivity (Wildman–Crippen MR) is 98.2 cm³/mol. The first-order valence-corrected chi connectivity index (χ1v) is 9.69. The van der Waals surface area contributed by atoms with Crippen molar-refractivity contribution in [2.75, 3.05) is 0 Å². The summed E-state index contributed by atoms with van der Waals surface area (Å²) in [5.74, 6) is -1.05. The van der Waals surface area contributed by atoms with Gasteiger partial charge in [0.15, 0.2) is 4.32 Å². The second-order valence-corrected chi connectivity index (χ2v) is 8.32. The molecule has 0 unspecified atom stereocenters. The molecule has 128 valence electrons. The third-order valence-electron chi connectivity index (χ3n) is 3.21. The van der Waals surface area contributed by atoms with Gasteiger partial charge in [0.2, 0.25) is 0 Å². The maximum Gasteiger partial charge on any atom is 0.281 e. The fourth-order valence-electron chi connectivity index (χ4n) is 2.07. The number of hydrazine groups is 1. The molecule has 1 aliphatic heterocycles. The van der Waals surface area contributed by atoms with E-state index in [0.717, 1.165) is 16.8 Å². The first-order chi connectivity index (χ1) is 11.9. The van der Waals surface area contributed by atoms with Gasteiger partial charge in [0.1, 0.15) is 5.82 Å². The summed E-state index contributed by atoms with van der Waals surface area (Å²) in [6, 6.07) is 13.3. The molecule has 9 heteroatoms. The molecule has 0 aliphatic carbocycles. The minimum absolute atomic E-state index is 0.0122. The second kappa shape index (κ2) is 7.04. The van der Waals surface area contributed by atoms with Crippen molar-refractivity contribution in [3.05, 3.63) is 70.9 Å². The average molecular weight is 394 g/mol. The van der Waals surface area contributed by atoms with E-state index in [1.54, 1.807) is 24.3 Å². The molecule has 0 atom stereocenters. The first-order valence-electron chi connectivity index (χ1n) is 6.98. The van der Waals surface area contributed by atoms with E-state index >= 15 is 0 Å². The number of rotatable bonds is 4. The number of sulfonamides is 1. The van der Waals surface area contributed by atoms with Crippen LogP contribution in [0.4, 0.5) is 4.39 Å². The molecule has 1 aliphatic rings. The van der Waals surface area contributed by atoms with Crippen LogP contribution in [0.15, 0.2) is 64.4 Å². The molecule has 2 aromatic carbocycles. The van der Waals surface area contributed by atoms with Gasteiger partial charge in [-0.2, -0.15) is 0 Å². The molecule has 0 aromatic heterocycles. The van der Waals surface area contributed by atoms with E-state index in [0.29, 0.717) is 5.56 Å². The number of hydrogen-bond donors (Lipinski definition) is 1. The lowest BCUT2D eigenvalue weighted by atomic mass is 10.2. The molecule has 2 aromatic rings. The van der Waals surface area contributed by atoms with Crippen LogP contribution < -0.4 is 4.83 Å². The summed E-state index contributed by atoms with van der Waals surface area (Å²) in [5, 5.41) is 0.799. The Bertz CT molecular complexity index is 975. The van der Waals surface area contributed by atoms with Crippen molar-refractivity contribution in [1.82, 2.24) is 9.84 Å². The summed E-state index contributed by atoms with van der Waals surface area (Å²) in [5.41, 5.74) is 0.478. The zero-order valence-electron chi connectivity index (χ0n) is 12.5. The monoisotopic (exact) mass is 394 g/mol. The molecule has 1 amide bonds. The lowest BCUT2D eigenvalue weighted by Gasteiger charge is -2.15. The molecule has 1 N–H and O–H groups in total. The zero-order valence-corrected chi connectivity index (χ0v) is 15.0. The lowest BCUT2D eigenvalue weighted by Crippen LogP contribution is -2.44. The Labute approximate surface area is 153 Å². The molecule has 1 saturated heterocycles. The van der Waals surface area contributed by atoms with Crippen LogP contribution in [0.25, 0.3) is 6.08 Å². The maximum atomic E-state index is 13.3. The van der Waals surface area contributed by atoms with Crippen LogP contribution in [0.5, 0.6) is 0 Å². The molecule has 25 heavy (non-hydrogen) atoms. The number of thioether (sulfide) groups is 1. The Morgan fingerprint density at radius 2 is 1.84 bits per heavy atom. The lowest BCUT2D eigenvalue weighted by molar-refractivity contribution is -0.123. The van der Waals surface area contributed by atoms with E-state index in [9.17, 15) is 17.6 Å². The standard InChI is InChI=1S/C16H11FN2O3S3/c17-12-6-4-5-11(9-12)10-14-15(20)19(16(23)24-14)18-25(21,22)13-7-2-1-3-8-13/h1-10,18H. The van der Waals surface area contributed by atoms with E-state index in [4.69, 9.17) is 12.2 Å². The second-order valence-electron chi connectivity index (χ2n) is 4.98. The zero-order chi connectivity index (χ0) is 18.0. The number of nitrogens with zero attached hydrogens (tertiary/aromatic N) is 1. The Morgan fingerprint density at radius 1 is 1.12 bits per heavy atom. The first kappa shape index (κ1) is 17.7. The number of hydrogen-bond acceptors (Lipinski definition) is 5. The number of halogens is 1. The Hall–Kier alpha value is -2.07. The van der Waals surface area contributed by atoms with Gasteiger partial charge < -0.3 is 0 Å². The fraction of sp³-hybridized carbons (Fsp3) is 0. The number of benzene rings is 2. The van der Waals surface area contributed by atoms with Crippen LogP contribution in [-0.4, -0.2) is 23.7 Å². The Morgan fingerprint density at radius 3 is 2.52 bits per heavy atom. The van der Waals surface area contributed by atoms with Crippen LogP contribution in [0.2, 0.25) is 0 Å². The fourth-order valence-corrected chi connectivity index (χ4v) is 4.40. The van der Waals surface area contributed by atoms with E-state index < -0.39 is 21.7 Å². The third-order valence-corrected chi connectivity index (χ3v) is 5.82. The highest BCUT2D eigenvalue weighted by atomic mass is 32.2. The highest BCUT2D eigenvalue weighted by Crippen LogP contribution is 2.32. The summed E-state index contributed by atoms with van der Waals surface area (Å²) in [7, 11) is -3.95. The Balaban J connectivity index is 1.85. The molecular formula is C16H11FN2O3S3. The van der Waals surface area contributed by atoms with Crippen LogP contribution in [-0.2, 0) is 14.8 Å². The van der Waals surface area contributed by atoms with Gasteiger partial charge in [-0.05, 0) is 35.9 Å². The van der Waals surface area contributed by atoms with Crippen molar-refractivity contribution in [3.63, 3.8) is 0 Å². The van der Waals surface area contributed by atoms with Crippen LogP contribution in [0.3, 0.4) is 0 Å². The van der Waals surface area contributed by atoms with Gasteiger partial charge in [0, 0.05) is 0 Å². The maximum absolute atomic E-state index is 13.3. The predicted octanol–water partition coefficient (Wildman–Crippen LogP) is 2.92. The van der Waals surface area contributed by atoms with E-state index in [1.165, 1.54) is 36.4 Å². The van der Waals surface area contributed by atoms with Gasteiger partial charge in [-0.1, -0.05) is 54.3 Å². The molecule has 1 heterocycles.